The van der Waals surface area contributed by atoms with E-state index in [9.17, 15) is 0 Å². The van der Waals surface area contributed by atoms with Gasteiger partial charge in [0.05, 0.1) is 6.04 Å². The fourth-order valence-electron chi connectivity index (χ4n) is 3.69. The third-order valence-corrected chi connectivity index (χ3v) is 4.72. The van der Waals surface area contributed by atoms with E-state index in [-0.39, 0.29) is 6.04 Å². The topological polar surface area (TPSA) is 30.9 Å². The van der Waals surface area contributed by atoms with Gasteiger partial charge >= 0.3 is 0 Å². The molecule has 2 aromatic rings. The molecule has 1 heterocycles. The lowest BCUT2D eigenvalue weighted by Gasteiger charge is -2.25. The molecule has 0 radical (unpaired) electrons. The van der Waals surface area contributed by atoms with Gasteiger partial charge in [-0.05, 0) is 62.8 Å². The van der Waals surface area contributed by atoms with Gasteiger partial charge in [0, 0.05) is 17.4 Å². The number of nitrogens with zero attached hydrogens (tertiary/aromatic N) is 1. The predicted molar refractivity (Wildman–Crippen MR) is 84.0 cm³/mol. The van der Waals surface area contributed by atoms with Crippen LogP contribution in [-0.2, 0) is 6.42 Å². The fraction of sp³-hybridized carbons (Fsp3) is 0.444. The third-order valence-electron chi connectivity index (χ3n) is 4.72. The van der Waals surface area contributed by atoms with Gasteiger partial charge in [0.1, 0.15) is 0 Å². The molecule has 0 saturated carbocycles. The third kappa shape index (κ3) is 2.08. The van der Waals surface area contributed by atoms with Crippen molar-refractivity contribution < 1.29 is 0 Å². The molecule has 1 aromatic carbocycles. The minimum Gasteiger partial charge on any atom is -0.341 e. The summed E-state index contributed by atoms with van der Waals surface area (Å²) in [6.45, 7) is 6.71. The van der Waals surface area contributed by atoms with Crippen molar-refractivity contribution in [3.8, 4) is 0 Å². The number of hydrogen-bond donors (Lipinski definition) is 1. The van der Waals surface area contributed by atoms with Crippen LogP contribution in [-0.4, -0.2) is 4.57 Å². The van der Waals surface area contributed by atoms with E-state index in [4.69, 9.17) is 5.73 Å². The largest absolute Gasteiger partial charge is 0.341 e. The first-order chi connectivity index (χ1) is 9.59. The van der Waals surface area contributed by atoms with Crippen LogP contribution in [0.15, 0.2) is 30.3 Å². The van der Waals surface area contributed by atoms with Crippen LogP contribution >= 0.6 is 0 Å². The lowest BCUT2D eigenvalue weighted by Crippen LogP contribution is -2.20. The zero-order valence-corrected chi connectivity index (χ0v) is 12.7. The van der Waals surface area contributed by atoms with Gasteiger partial charge in [0.15, 0.2) is 0 Å². The van der Waals surface area contributed by atoms with Crippen LogP contribution in [0.4, 0.5) is 0 Å². The van der Waals surface area contributed by atoms with Crippen LogP contribution in [0.3, 0.4) is 0 Å². The van der Waals surface area contributed by atoms with Crippen LogP contribution in [0.2, 0.25) is 0 Å². The lowest BCUT2D eigenvalue weighted by molar-refractivity contribution is 0.521. The molecule has 2 atom stereocenters. The highest BCUT2D eigenvalue weighted by Crippen LogP contribution is 2.34. The van der Waals surface area contributed by atoms with E-state index in [1.54, 1.807) is 0 Å². The minimum absolute atomic E-state index is 0.225. The zero-order chi connectivity index (χ0) is 14.3. The SMILES string of the molecule is Cc1ccccc1C(C)n1c(C)cc2c1CCCC2N. The summed E-state index contributed by atoms with van der Waals surface area (Å²) in [5, 5.41) is 0. The van der Waals surface area contributed by atoms with Crippen molar-refractivity contribution in [2.24, 2.45) is 5.73 Å². The van der Waals surface area contributed by atoms with Crippen LogP contribution in [0, 0.1) is 13.8 Å². The number of fused-ring (bicyclic) bond motifs is 1. The summed E-state index contributed by atoms with van der Waals surface area (Å²) in [5.41, 5.74) is 13.2. The molecule has 20 heavy (non-hydrogen) atoms. The Hall–Kier alpha value is -1.54. The van der Waals surface area contributed by atoms with Gasteiger partial charge in [0.25, 0.3) is 0 Å². The van der Waals surface area contributed by atoms with Gasteiger partial charge < -0.3 is 10.3 Å². The molecule has 2 unspecified atom stereocenters. The number of nitrogens with two attached hydrogens (primary N) is 1. The highest BCUT2D eigenvalue weighted by atomic mass is 15.0. The first-order valence-corrected chi connectivity index (χ1v) is 7.61. The maximum absolute atomic E-state index is 6.28. The molecular formula is C18H24N2. The smallest absolute Gasteiger partial charge is 0.0559 e. The van der Waals surface area contributed by atoms with E-state index in [0.717, 1.165) is 12.8 Å². The molecule has 0 amide bonds. The molecule has 2 nitrogen and oxygen atoms in total. The summed E-state index contributed by atoms with van der Waals surface area (Å²) in [4.78, 5) is 0. The maximum atomic E-state index is 6.28. The fourth-order valence-corrected chi connectivity index (χ4v) is 3.69. The summed E-state index contributed by atoms with van der Waals surface area (Å²) in [6.07, 6.45) is 3.49. The zero-order valence-electron chi connectivity index (χ0n) is 12.7. The van der Waals surface area contributed by atoms with Gasteiger partial charge in [-0.15, -0.1) is 0 Å². The van der Waals surface area contributed by atoms with E-state index in [1.807, 2.05) is 0 Å². The summed E-state index contributed by atoms with van der Waals surface area (Å²) in [7, 11) is 0. The van der Waals surface area contributed by atoms with Gasteiger partial charge in [0.2, 0.25) is 0 Å². The van der Waals surface area contributed by atoms with Crippen molar-refractivity contribution in [2.45, 2.75) is 52.1 Å². The average molecular weight is 268 g/mol. The molecule has 1 aliphatic carbocycles. The second-order valence-electron chi connectivity index (χ2n) is 6.09. The van der Waals surface area contributed by atoms with Crippen LogP contribution in [0.25, 0.3) is 0 Å². The second kappa shape index (κ2) is 5.10. The molecule has 106 valence electrons. The molecule has 3 rings (SSSR count). The Morgan fingerprint density at radius 1 is 1.25 bits per heavy atom. The number of aromatic nitrogens is 1. The Kier molecular flexibility index (Phi) is 3.43. The molecular weight excluding hydrogens is 244 g/mol. The van der Waals surface area contributed by atoms with Gasteiger partial charge in [-0.25, -0.2) is 0 Å². The molecule has 0 spiro atoms. The van der Waals surface area contributed by atoms with Gasteiger partial charge in [-0.1, -0.05) is 24.3 Å². The van der Waals surface area contributed by atoms with Crippen molar-refractivity contribution >= 4 is 0 Å². The molecule has 0 fully saturated rings. The molecule has 2 heteroatoms. The highest BCUT2D eigenvalue weighted by Gasteiger charge is 2.24. The number of hydrogen-bond acceptors (Lipinski definition) is 1. The van der Waals surface area contributed by atoms with Crippen molar-refractivity contribution in [1.29, 1.82) is 0 Å². The van der Waals surface area contributed by atoms with Crippen molar-refractivity contribution in [1.82, 2.24) is 4.57 Å². The standard InChI is InChI=1S/C18H24N2/c1-12-7-4-5-8-15(12)14(3)20-13(2)11-16-17(19)9-6-10-18(16)20/h4-5,7-8,11,14,17H,6,9-10,19H2,1-3H3. The van der Waals surface area contributed by atoms with Gasteiger partial charge in [-0.3, -0.25) is 0 Å². The summed E-state index contributed by atoms with van der Waals surface area (Å²) >= 11 is 0. The second-order valence-corrected chi connectivity index (χ2v) is 6.09. The number of aryl methyl sites for hydroxylation is 2. The van der Waals surface area contributed by atoms with Crippen LogP contribution in [0.5, 0.6) is 0 Å². The van der Waals surface area contributed by atoms with Gasteiger partial charge in [-0.2, -0.15) is 0 Å². The summed E-state index contributed by atoms with van der Waals surface area (Å²) in [5.74, 6) is 0. The minimum atomic E-state index is 0.225. The van der Waals surface area contributed by atoms with Crippen molar-refractivity contribution in [3.05, 3.63) is 58.4 Å². The molecule has 0 saturated heterocycles. The molecule has 2 N–H and O–H groups in total. The molecule has 1 aliphatic rings. The monoisotopic (exact) mass is 268 g/mol. The molecule has 0 aliphatic heterocycles. The highest BCUT2D eigenvalue weighted by molar-refractivity contribution is 5.37. The van der Waals surface area contributed by atoms with E-state index < -0.39 is 0 Å². The predicted octanol–water partition coefficient (Wildman–Crippen LogP) is 4.05. The Bertz CT molecular complexity index is 624. The summed E-state index contributed by atoms with van der Waals surface area (Å²) in [6, 6.07) is 11.6. The molecule has 1 aromatic heterocycles. The average Bonchev–Trinajstić information content (AvgIpc) is 2.76. The Labute approximate surface area is 121 Å². The maximum Gasteiger partial charge on any atom is 0.0559 e. The van der Waals surface area contributed by atoms with Crippen molar-refractivity contribution in [2.75, 3.05) is 0 Å². The first kappa shape index (κ1) is 13.4. The van der Waals surface area contributed by atoms with E-state index in [0.29, 0.717) is 6.04 Å². The number of benzene rings is 1. The first-order valence-electron chi connectivity index (χ1n) is 7.61. The number of rotatable bonds is 2. The van der Waals surface area contributed by atoms with E-state index >= 15 is 0 Å². The Balaban J connectivity index is 2.09. The van der Waals surface area contributed by atoms with Crippen molar-refractivity contribution in [3.63, 3.8) is 0 Å². The lowest BCUT2D eigenvalue weighted by atomic mass is 9.93. The Morgan fingerprint density at radius 2 is 2.00 bits per heavy atom. The summed E-state index contributed by atoms with van der Waals surface area (Å²) < 4.78 is 2.50. The van der Waals surface area contributed by atoms with Crippen LogP contribution < -0.4 is 5.73 Å². The normalized spacial score (nSPS) is 19.7. The quantitative estimate of drug-likeness (QED) is 0.875. The van der Waals surface area contributed by atoms with Crippen LogP contribution in [0.1, 0.15) is 59.9 Å². The van der Waals surface area contributed by atoms with E-state index in [1.165, 1.54) is 34.5 Å². The molecule has 0 bridgehead atoms. The van der Waals surface area contributed by atoms with E-state index in [2.05, 4.69) is 55.7 Å². The Morgan fingerprint density at radius 3 is 2.75 bits per heavy atom.